The first-order chi connectivity index (χ1) is 9.22. The number of hydrogen-bond donors (Lipinski definition) is 1. The van der Waals surface area contributed by atoms with Gasteiger partial charge in [0.15, 0.2) is 0 Å². The van der Waals surface area contributed by atoms with E-state index in [1.54, 1.807) is 0 Å². The third kappa shape index (κ3) is 10.7. The third-order valence-corrected chi connectivity index (χ3v) is 3.93. The van der Waals surface area contributed by atoms with E-state index in [9.17, 15) is 4.79 Å². The highest BCUT2D eigenvalue weighted by atomic mass is 127. The van der Waals surface area contributed by atoms with E-state index in [4.69, 9.17) is 14.2 Å². The molecule has 0 spiro atoms. The molecule has 0 saturated carbocycles. The molecule has 0 aromatic heterocycles. The number of amides is 1. The molecule has 0 heterocycles. The lowest BCUT2D eigenvalue weighted by atomic mass is 10.1. The predicted octanol–water partition coefficient (Wildman–Crippen LogP) is 3.15. The molecule has 20 heavy (non-hydrogen) atoms. The van der Waals surface area contributed by atoms with E-state index in [1.165, 1.54) is 0 Å². The largest absolute Gasteiger partial charge is 0.444 e. The van der Waals surface area contributed by atoms with Crippen LogP contribution in [0.2, 0.25) is 0 Å². The van der Waals surface area contributed by atoms with Gasteiger partial charge in [0, 0.05) is 11.0 Å². The van der Waals surface area contributed by atoms with Crippen LogP contribution in [0, 0.1) is 0 Å². The summed E-state index contributed by atoms with van der Waals surface area (Å²) in [6.07, 6.45) is 0.587. The summed E-state index contributed by atoms with van der Waals surface area (Å²) < 4.78 is 17.2. The van der Waals surface area contributed by atoms with Gasteiger partial charge in [-0.05, 0) is 34.1 Å². The van der Waals surface area contributed by atoms with E-state index < -0.39 is 17.3 Å². The van der Waals surface area contributed by atoms with Gasteiger partial charge in [-0.25, -0.2) is 4.79 Å². The monoisotopic (exact) mass is 401 g/mol. The highest BCUT2D eigenvalue weighted by Crippen LogP contribution is 2.14. The van der Waals surface area contributed by atoms with E-state index in [2.05, 4.69) is 34.8 Å². The van der Waals surface area contributed by atoms with Crippen LogP contribution in [-0.4, -0.2) is 48.1 Å². The molecule has 0 rings (SSSR count). The maximum atomic E-state index is 11.6. The molecular formula is C14H28INO4. The Morgan fingerprint density at radius 1 is 1.15 bits per heavy atom. The summed E-state index contributed by atoms with van der Waals surface area (Å²) in [4.78, 5) is 11.6. The fourth-order valence-electron chi connectivity index (χ4n) is 1.30. The summed E-state index contributed by atoms with van der Waals surface area (Å²) in [5.41, 5.74) is -0.896. The van der Waals surface area contributed by atoms with Crippen LogP contribution in [0.5, 0.6) is 0 Å². The minimum Gasteiger partial charge on any atom is -0.444 e. The molecule has 0 saturated heterocycles. The molecule has 0 aromatic rings. The van der Waals surface area contributed by atoms with Crippen LogP contribution in [0.4, 0.5) is 4.79 Å². The molecule has 1 atom stereocenters. The van der Waals surface area contributed by atoms with E-state index in [-0.39, 0.29) is 0 Å². The fraction of sp³-hybridized carbons (Fsp3) is 0.929. The Morgan fingerprint density at radius 2 is 1.80 bits per heavy atom. The lowest BCUT2D eigenvalue weighted by Crippen LogP contribution is -2.46. The van der Waals surface area contributed by atoms with Crippen molar-refractivity contribution in [3.05, 3.63) is 0 Å². The maximum absolute atomic E-state index is 11.6. The molecule has 0 radical (unpaired) electrons. The van der Waals surface area contributed by atoms with E-state index in [0.717, 1.165) is 17.5 Å². The van der Waals surface area contributed by atoms with Crippen molar-refractivity contribution in [2.75, 3.05) is 30.8 Å². The van der Waals surface area contributed by atoms with Crippen LogP contribution in [0.1, 0.15) is 41.0 Å². The quantitative estimate of drug-likeness (QED) is 0.367. The summed E-state index contributed by atoms with van der Waals surface area (Å²) in [6, 6.07) is 0. The van der Waals surface area contributed by atoms with Gasteiger partial charge >= 0.3 is 6.09 Å². The second kappa shape index (κ2) is 9.78. The first-order valence-electron chi connectivity index (χ1n) is 6.97. The number of rotatable bonds is 9. The number of hydrogen-bond acceptors (Lipinski definition) is 4. The molecule has 0 aliphatic rings. The van der Waals surface area contributed by atoms with Gasteiger partial charge in [-0.15, -0.1) is 0 Å². The number of halogens is 1. The van der Waals surface area contributed by atoms with Crippen molar-refractivity contribution in [2.24, 2.45) is 0 Å². The molecule has 0 aromatic carbocycles. The van der Waals surface area contributed by atoms with Gasteiger partial charge in [0.05, 0.1) is 25.4 Å². The van der Waals surface area contributed by atoms with Gasteiger partial charge < -0.3 is 19.5 Å². The van der Waals surface area contributed by atoms with Crippen LogP contribution in [0.15, 0.2) is 0 Å². The Labute approximate surface area is 136 Å². The van der Waals surface area contributed by atoms with Crippen molar-refractivity contribution in [1.29, 1.82) is 0 Å². The highest BCUT2D eigenvalue weighted by Gasteiger charge is 2.26. The number of ether oxygens (including phenoxy) is 3. The lowest BCUT2D eigenvalue weighted by molar-refractivity contribution is -0.0410. The Bertz CT molecular complexity index is 281. The first kappa shape index (κ1) is 19.9. The smallest absolute Gasteiger partial charge is 0.407 e. The van der Waals surface area contributed by atoms with E-state index in [0.29, 0.717) is 19.8 Å². The van der Waals surface area contributed by atoms with Crippen LogP contribution in [0.25, 0.3) is 0 Å². The van der Waals surface area contributed by atoms with Crippen molar-refractivity contribution < 1.29 is 19.0 Å². The predicted molar refractivity (Wildman–Crippen MR) is 88.6 cm³/mol. The van der Waals surface area contributed by atoms with Crippen LogP contribution in [0.3, 0.4) is 0 Å². The summed E-state index contributed by atoms with van der Waals surface area (Å²) in [7, 11) is 0. The molecule has 0 aliphatic carbocycles. The second-order valence-corrected chi connectivity index (χ2v) is 6.66. The molecule has 5 nitrogen and oxygen atoms in total. The SMILES string of the molecule is CCCOCCOC(C)(CI)CNC(=O)OC(C)(C)C. The maximum Gasteiger partial charge on any atom is 0.407 e. The van der Waals surface area contributed by atoms with Crippen LogP contribution < -0.4 is 5.32 Å². The van der Waals surface area contributed by atoms with Crippen molar-refractivity contribution in [3.63, 3.8) is 0 Å². The number of alkyl carbamates (subject to hydrolysis) is 1. The minimum absolute atomic E-state index is 0.410. The second-order valence-electron chi connectivity index (χ2n) is 5.90. The van der Waals surface area contributed by atoms with E-state index in [1.807, 2.05) is 27.7 Å². The average molecular weight is 401 g/mol. The molecule has 1 amide bonds. The molecule has 0 bridgehead atoms. The highest BCUT2D eigenvalue weighted by molar-refractivity contribution is 14.1. The van der Waals surface area contributed by atoms with Gasteiger partial charge in [0.2, 0.25) is 0 Å². The Kier molecular flexibility index (Phi) is 9.74. The minimum atomic E-state index is -0.486. The zero-order valence-electron chi connectivity index (χ0n) is 13.3. The molecule has 120 valence electrons. The molecule has 0 aliphatic heterocycles. The summed E-state index contributed by atoms with van der Waals surface area (Å²) in [6.45, 7) is 11.8. The third-order valence-electron chi connectivity index (χ3n) is 2.31. The van der Waals surface area contributed by atoms with Crippen molar-refractivity contribution in [1.82, 2.24) is 5.32 Å². The normalized spacial score (nSPS) is 14.7. The van der Waals surface area contributed by atoms with Gasteiger partial charge in [-0.3, -0.25) is 0 Å². The van der Waals surface area contributed by atoms with Gasteiger partial charge in [-0.1, -0.05) is 29.5 Å². The van der Waals surface area contributed by atoms with Gasteiger partial charge in [-0.2, -0.15) is 0 Å². The van der Waals surface area contributed by atoms with Crippen LogP contribution >= 0.6 is 22.6 Å². The summed E-state index contributed by atoms with van der Waals surface area (Å²) in [5, 5.41) is 2.75. The summed E-state index contributed by atoms with van der Waals surface area (Å²) >= 11 is 2.25. The zero-order chi connectivity index (χ0) is 15.6. The molecule has 6 heteroatoms. The first-order valence-corrected chi connectivity index (χ1v) is 8.49. The van der Waals surface area contributed by atoms with Crippen molar-refractivity contribution >= 4 is 28.7 Å². The Morgan fingerprint density at radius 3 is 2.30 bits per heavy atom. The molecule has 0 fully saturated rings. The average Bonchev–Trinajstić information content (AvgIpc) is 2.34. The van der Waals surface area contributed by atoms with E-state index >= 15 is 0 Å². The zero-order valence-corrected chi connectivity index (χ0v) is 15.4. The van der Waals surface area contributed by atoms with Crippen molar-refractivity contribution in [3.8, 4) is 0 Å². The molecule has 1 unspecified atom stereocenters. The standard InChI is InChI=1S/C14H28INO4/c1-6-7-18-8-9-19-14(5,10-15)11-16-12(17)20-13(2,3)4/h6-11H2,1-5H3,(H,16,17). The number of nitrogens with one attached hydrogen (secondary N) is 1. The topological polar surface area (TPSA) is 56.8 Å². The number of carbonyl (C=O) groups excluding carboxylic acids is 1. The number of alkyl halides is 1. The Balaban J connectivity index is 4.01. The fourth-order valence-corrected chi connectivity index (χ4v) is 1.79. The molecular weight excluding hydrogens is 373 g/mol. The molecule has 1 N–H and O–H groups in total. The summed E-state index contributed by atoms with van der Waals surface area (Å²) in [5.74, 6) is 0. The lowest BCUT2D eigenvalue weighted by Gasteiger charge is -2.29. The Hall–Kier alpha value is -0.0800. The van der Waals surface area contributed by atoms with Crippen LogP contribution in [-0.2, 0) is 14.2 Å². The van der Waals surface area contributed by atoms with Crippen molar-refractivity contribution in [2.45, 2.75) is 52.2 Å². The van der Waals surface area contributed by atoms with Gasteiger partial charge in [0.25, 0.3) is 0 Å². The van der Waals surface area contributed by atoms with Gasteiger partial charge in [0.1, 0.15) is 5.60 Å². The number of carbonyl (C=O) groups is 1.